The lowest BCUT2D eigenvalue weighted by Crippen LogP contribution is -2.15. The van der Waals surface area contributed by atoms with E-state index in [0.717, 1.165) is 6.07 Å². The van der Waals surface area contributed by atoms with Crippen molar-refractivity contribution in [1.82, 2.24) is 14.8 Å². The van der Waals surface area contributed by atoms with Crippen molar-refractivity contribution in [1.29, 1.82) is 0 Å². The smallest absolute Gasteiger partial charge is 0.250 e. The molecule has 0 atom stereocenters. The first-order valence-electron chi connectivity index (χ1n) is 5.94. The maximum atomic E-state index is 13.7. The zero-order valence-corrected chi connectivity index (χ0v) is 10.9. The van der Waals surface area contributed by atoms with Crippen LogP contribution in [0.1, 0.15) is 16.2 Å². The minimum Gasteiger partial charge on any atom is -0.398 e. The Labute approximate surface area is 114 Å². The molecule has 2 rings (SSSR count). The van der Waals surface area contributed by atoms with Crippen LogP contribution in [-0.4, -0.2) is 27.2 Å². The Hall–Kier alpha value is -2.64. The molecule has 8 heteroatoms. The highest BCUT2D eigenvalue weighted by molar-refractivity contribution is 5.99. The Morgan fingerprint density at radius 2 is 2.25 bits per heavy atom. The van der Waals surface area contributed by atoms with Crippen molar-refractivity contribution in [2.75, 3.05) is 17.6 Å². The van der Waals surface area contributed by atoms with Crippen LogP contribution in [-0.2, 0) is 13.5 Å². The molecule has 106 valence electrons. The molecule has 1 amide bonds. The molecule has 0 spiro atoms. The second-order valence-electron chi connectivity index (χ2n) is 4.29. The van der Waals surface area contributed by atoms with E-state index in [4.69, 9.17) is 11.5 Å². The highest BCUT2D eigenvalue weighted by atomic mass is 19.1. The number of nitrogens with one attached hydrogen (secondary N) is 1. The quantitative estimate of drug-likeness (QED) is 0.680. The van der Waals surface area contributed by atoms with E-state index in [9.17, 15) is 9.18 Å². The first-order chi connectivity index (χ1) is 9.47. The molecule has 1 aromatic carbocycles. The normalized spacial score (nSPS) is 10.5. The van der Waals surface area contributed by atoms with Gasteiger partial charge in [0.1, 0.15) is 12.1 Å². The summed E-state index contributed by atoms with van der Waals surface area (Å²) in [4.78, 5) is 15.2. The van der Waals surface area contributed by atoms with Crippen LogP contribution in [0.3, 0.4) is 0 Å². The van der Waals surface area contributed by atoms with Gasteiger partial charge in [-0.3, -0.25) is 9.48 Å². The van der Waals surface area contributed by atoms with Crippen molar-refractivity contribution in [3.63, 3.8) is 0 Å². The Morgan fingerprint density at radius 1 is 1.50 bits per heavy atom. The third-order valence-electron chi connectivity index (χ3n) is 2.72. The van der Waals surface area contributed by atoms with E-state index in [2.05, 4.69) is 15.4 Å². The summed E-state index contributed by atoms with van der Waals surface area (Å²) in [7, 11) is 1.77. The lowest BCUT2D eigenvalue weighted by Gasteiger charge is -2.09. The number of aryl methyl sites for hydroxylation is 1. The number of hydrogen-bond donors (Lipinski definition) is 3. The second-order valence-corrected chi connectivity index (χ2v) is 4.29. The van der Waals surface area contributed by atoms with Crippen molar-refractivity contribution >= 4 is 17.3 Å². The van der Waals surface area contributed by atoms with E-state index in [1.807, 2.05) is 0 Å². The van der Waals surface area contributed by atoms with E-state index < -0.39 is 11.7 Å². The van der Waals surface area contributed by atoms with Gasteiger partial charge in [-0.05, 0) is 12.1 Å². The number of amides is 1. The average Bonchev–Trinajstić information content (AvgIpc) is 2.77. The molecule has 0 unspecified atom stereocenters. The van der Waals surface area contributed by atoms with Crippen LogP contribution in [0.25, 0.3) is 0 Å². The van der Waals surface area contributed by atoms with E-state index in [1.165, 1.54) is 6.07 Å². The molecular weight excluding hydrogens is 263 g/mol. The molecule has 0 bridgehead atoms. The molecule has 7 nitrogen and oxygen atoms in total. The SMILES string of the molecule is Cn1cnc(CCNc2cc(C(N)=O)c(N)cc2F)n1. The number of nitrogen functional groups attached to an aromatic ring is 1. The van der Waals surface area contributed by atoms with Gasteiger partial charge >= 0.3 is 0 Å². The monoisotopic (exact) mass is 278 g/mol. The predicted molar refractivity (Wildman–Crippen MR) is 72.5 cm³/mol. The number of rotatable bonds is 5. The van der Waals surface area contributed by atoms with Crippen molar-refractivity contribution in [2.45, 2.75) is 6.42 Å². The van der Waals surface area contributed by atoms with E-state index in [0.29, 0.717) is 18.8 Å². The minimum atomic E-state index is -0.697. The van der Waals surface area contributed by atoms with Crippen LogP contribution in [0.5, 0.6) is 0 Å². The average molecular weight is 278 g/mol. The van der Waals surface area contributed by atoms with Crippen molar-refractivity contribution in [2.24, 2.45) is 12.8 Å². The third-order valence-corrected chi connectivity index (χ3v) is 2.72. The van der Waals surface area contributed by atoms with Crippen molar-refractivity contribution in [3.05, 3.63) is 35.7 Å². The Morgan fingerprint density at radius 3 is 2.85 bits per heavy atom. The summed E-state index contributed by atoms with van der Waals surface area (Å²) in [6.07, 6.45) is 2.11. The fraction of sp³-hybridized carbons (Fsp3) is 0.250. The van der Waals surface area contributed by atoms with Gasteiger partial charge < -0.3 is 16.8 Å². The molecular formula is C12H15FN6O. The topological polar surface area (TPSA) is 112 Å². The summed E-state index contributed by atoms with van der Waals surface area (Å²) in [5.74, 6) is -0.593. The number of nitrogens with zero attached hydrogens (tertiary/aromatic N) is 3. The molecule has 0 saturated heterocycles. The van der Waals surface area contributed by atoms with E-state index >= 15 is 0 Å². The summed E-state index contributed by atoms with van der Waals surface area (Å²) in [5.41, 5.74) is 11.0. The van der Waals surface area contributed by atoms with Gasteiger partial charge in [0, 0.05) is 25.7 Å². The molecule has 2 aromatic rings. The van der Waals surface area contributed by atoms with Gasteiger partial charge in [0.15, 0.2) is 5.82 Å². The molecule has 0 aliphatic carbocycles. The van der Waals surface area contributed by atoms with Crippen molar-refractivity contribution in [3.8, 4) is 0 Å². The minimum absolute atomic E-state index is 0.0203. The van der Waals surface area contributed by atoms with Gasteiger partial charge in [-0.2, -0.15) is 5.10 Å². The van der Waals surface area contributed by atoms with Crippen LogP contribution >= 0.6 is 0 Å². The Bertz CT molecular complexity index is 639. The highest BCUT2D eigenvalue weighted by Crippen LogP contribution is 2.21. The highest BCUT2D eigenvalue weighted by Gasteiger charge is 2.11. The van der Waals surface area contributed by atoms with Crippen LogP contribution in [0.2, 0.25) is 0 Å². The number of hydrogen-bond acceptors (Lipinski definition) is 5. The molecule has 0 radical (unpaired) electrons. The van der Waals surface area contributed by atoms with Gasteiger partial charge in [0.05, 0.1) is 11.3 Å². The molecule has 20 heavy (non-hydrogen) atoms. The fourth-order valence-electron chi connectivity index (χ4n) is 1.74. The molecule has 0 aliphatic heterocycles. The molecule has 1 heterocycles. The molecule has 0 saturated carbocycles. The molecule has 0 fully saturated rings. The number of carbonyl (C=O) groups is 1. The van der Waals surface area contributed by atoms with Gasteiger partial charge in [-0.1, -0.05) is 0 Å². The number of anilines is 2. The van der Waals surface area contributed by atoms with Crippen LogP contribution in [0.15, 0.2) is 18.5 Å². The number of primary amides is 1. The summed E-state index contributed by atoms with van der Waals surface area (Å²) in [5, 5.41) is 6.97. The van der Waals surface area contributed by atoms with Gasteiger partial charge in [0.25, 0.3) is 5.91 Å². The van der Waals surface area contributed by atoms with Gasteiger partial charge in [-0.25, -0.2) is 9.37 Å². The largest absolute Gasteiger partial charge is 0.398 e. The maximum absolute atomic E-state index is 13.7. The Balaban J connectivity index is 2.05. The molecule has 1 aromatic heterocycles. The second kappa shape index (κ2) is 5.55. The summed E-state index contributed by atoms with van der Waals surface area (Å²) >= 11 is 0. The van der Waals surface area contributed by atoms with E-state index in [1.54, 1.807) is 18.1 Å². The predicted octanol–water partition coefficient (Wildman–Crippen LogP) is 0.290. The zero-order valence-electron chi connectivity index (χ0n) is 10.9. The number of benzene rings is 1. The van der Waals surface area contributed by atoms with E-state index in [-0.39, 0.29) is 16.9 Å². The van der Waals surface area contributed by atoms with Gasteiger partial charge in [0.2, 0.25) is 0 Å². The summed E-state index contributed by atoms with van der Waals surface area (Å²) in [6.45, 7) is 0.420. The first-order valence-corrected chi connectivity index (χ1v) is 5.94. The number of carbonyl (C=O) groups excluding carboxylic acids is 1. The maximum Gasteiger partial charge on any atom is 0.250 e. The van der Waals surface area contributed by atoms with Crippen molar-refractivity contribution < 1.29 is 9.18 Å². The summed E-state index contributed by atoms with van der Waals surface area (Å²) in [6, 6.07) is 2.38. The standard InChI is InChI=1S/C12H15FN6O/c1-19-6-17-11(18-19)2-3-16-10-4-7(12(15)20)9(14)5-8(10)13/h4-6,16H,2-3,14H2,1H3,(H2,15,20). The number of halogens is 1. The molecule has 5 N–H and O–H groups in total. The number of nitrogens with two attached hydrogens (primary N) is 2. The van der Waals surface area contributed by atoms with Crippen LogP contribution in [0, 0.1) is 5.82 Å². The van der Waals surface area contributed by atoms with Crippen LogP contribution in [0.4, 0.5) is 15.8 Å². The van der Waals surface area contributed by atoms with Crippen LogP contribution < -0.4 is 16.8 Å². The number of aromatic nitrogens is 3. The zero-order chi connectivity index (χ0) is 14.7. The lowest BCUT2D eigenvalue weighted by molar-refractivity contribution is 0.100. The lowest BCUT2D eigenvalue weighted by atomic mass is 10.1. The van der Waals surface area contributed by atoms with Gasteiger partial charge in [-0.15, -0.1) is 0 Å². The third kappa shape index (κ3) is 3.02. The first kappa shape index (κ1) is 13.8. The Kier molecular flexibility index (Phi) is 3.83. The molecule has 0 aliphatic rings. The summed E-state index contributed by atoms with van der Waals surface area (Å²) < 4.78 is 15.3. The fourth-order valence-corrected chi connectivity index (χ4v) is 1.74.